The molecule has 1 atom stereocenters. The van der Waals surface area contributed by atoms with Gasteiger partial charge in [0.05, 0.1) is 18.9 Å². The van der Waals surface area contributed by atoms with Crippen molar-refractivity contribution in [2.24, 2.45) is 0 Å². The molecule has 0 bridgehead atoms. The van der Waals surface area contributed by atoms with Gasteiger partial charge in [0.2, 0.25) is 0 Å². The van der Waals surface area contributed by atoms with E-state index in [0.29, 0.717) is 0 Å². The van der Waals surface area contributed by atoms with E-state index in [1.54, 1.807) is 13.8 Å². The molecule has 0 spiro atoms. The number of aliphatic hydroxyl groups is 1. The van der Waals surface area contributed by atoms with Gasteiger partial charge in [-0.25, -0.2) is 4.79 Å². The van der Waals surface area contributed by atoms with E-state index in [-0.39, 0.29) is 0 Å². The molecule has 0 aromatic carbocycles. The quantitative estimate of drug-likeness (QED) is 0.535. The first-order valence-electron chi connectivity index (χ1n) is 4.54. The molecule has 7 nitrogen and oxygen atoms in total. The smallest absolute Gasteiger partial charge is 0.336 e. The summed E-state index contributed by atoms with van der Waals surface area (Å²) in [7, 11) is 0. The Morgan fingerprint density at radius 1 is 1.19 bits per heavy atom. The third kappa shape index (κ3) is 4.74. The molecule has 0 unspecified atom stereocenters. The molecule has 0 aromatic heterocycles. The molecular weight excluding hydrogens is 220 g/mol. The Hall–Kier alpha value is -1.63. The average molecular weight is 234 g/mol. The lowest BCUT2D eigenvalue weighted by atomic mass is 9.96. The van der Waals surface area contributed by atoms with Crippen molar-refractivity contribution in [2.75, 3.05) is 0 Å². The van der Waals surface area contributed by atoms with Gasteiger partial charge in [-0.15, -0.1) is 0 Å². The van der Waals surface area contributed by atoms with Crippen LogP contribution in [-0.4, -0.2) is 44.9 Å². The van der Waals surface area contributed by atoms with Gasteiger partial charge in [-0.3, -0.25) is 9.59 Å². The van der Waals surface area contributed by atoms with Crippen molar-refractivity contribution in [1.29, 1.82) is 0 Å². The zero-order chi connectivity index (χ0) is 12.9. The number of ether oxygens (including phenoxy) is 1. The summed E-state index contributed by atoms with van der Waals surface area (Å²) in [6, 6.07) is 0. The lowest BCUT2D eigenvalue weighted by Gasteiger charge is -2.20. The Labute approximate surface area is 91.6 Å². The van der Waals surface area contributed by atoms with E-state index >= 15 is 0 Å². The van der Waals surface area contributed by atoms with E-state index in [2.05, 4.69) is 4.74 Å². The number of hydrogen-bond acceptors (Lipinski definition) is 5. The maximum absolute atomic E-state index is 11.1. The summed E-state index contributed by atoms with van der Waals surface area (Å²) in [6.07, 6.45) is -2.42. The zero-order valence-electron chi connectivity index (χ0n) is 8.97. The highest BCUT2D eigenvalue weighted by molar-refractivity contribution is 5.88. The Morgan fingerprint density at radius 2 is 1.69 bits per heavy atom. The van der Waals surface area contributed by atoms with Crippen LogP contribution in [0.25, 0.3) is 0 Å². The Bertz CT molecular complexity index is 296. The minimum Gasteiger partial charge on any atom is -0.481 e. The minimum absolute atomic E-state index is 0.463. The van der Waals surface area contributed by atoms with Gasteiger partial charge in [0.1, 0.15) is 0 Å². The van der Waals surface area contributed by atoms with Crippen LogP contribution >= 0.6 is 0 Å². The predicted molar refractivity (Wildman–Crippen MR) is 50.7 cm³/mol. The molecule has 16 heavy (non-hydrogen) atoms. The van der Waals surface area contributed by atoms with Crippen molar-refractivity contribution in [3.63, 3.8) is 0 Å². The van der Waals surface area contributed by atoms with Crippen LogP contribution in [0.15, 0.2) is 0 Å². The van der Waals surface area contributed by atoms with Crippen molar-refractivity contribution >= 4 is 17.9 Å². The Kier molecular flexibility index (Phi) is 4.90. The van der Waals surface area contributed by atoms with Crippen LogP contribution in [0.2, 0.25) is 0 Å². The number of carboxylic acids is 2. The van der Waals surface area contributed by atoms with Crippen molar-refractivity contribution < 1.29 is 34.4 Å². The molecule has 0 radical (unpaired) electrons. The molecule has 0 aliphatic heterocycles. The van der Waals surface area contributed by atoms with E-state index < -0.39 is 42.5 Å². The SMILES string of the molecule is CC(C)OC(=O)C[C@@](O)(CC(=O)O)C(=O)O. The predicted octanol–water partition coefficient (Wildman–Crippen LogP) is -0.382. The Balaban J connectivity index is 4.62. The molecule has 0 heterocycles. The van der Waals surface area contributed by atoms with Crippen LogP contribution in [0.3, 0.4) is 0 Å². The maximum atomic E-state index is 11.1. The van der Waals surface area contributed by atoms with Crippen LogP contribution < -0.4 is 0 Å². The van der Waals surface area contributed by atoms with Gasteiger partial charge in [0.25, 0.3) is 0 Å². The molecule has 0 rings (SSSR count). The van der Waals surface area contributed by atoms with Gasteiger partial charge in [0.15, 0.2) is 5.60 Å². The zero-order valence-corrected chi connectivity index (χ0v) is 8.97. The number of aliphatic carboxylic acids is 2. The van der Waals surface area contributed by atoms with E-state index in [4.69, 9.17) is 10.2 Å². The van der Waals surface area contributed by atoms with Crippen LogP contribution in [0.4, 0.5) is 0 Å². The second-order valence-corrected chi connectivity index (χ2v) is 3.62. The second kappa shape index (κ2) is 5.45. The van der Waals surface area contributed by atoms with Gasteiger partial charge in [-0.2, -0.15) is 0 Å². The monoisotopic (exact) mass is 234 g/mol. The topological polar surface area (TPSA) is 121 Å². The summed E-state index contributed by atoms with van der Waals surface area (Å²) in [4.78, 5) is 32.1. The molecule has 0 aromatic rings. The first-order chi connectivity index (χ1) is 7.17. The van der Waals surface area contributed by atoms with Crippen molar-refractivity contribution in [1.82, 2.24) is 0 Å². The molecule has 3 N–H and O–H groups in total. The maximum Gasteiger partial charge on any atom is 0.336 e. The molecule has 0 saturated heterocycles. The lowest BCUT2D eigenvalue weighted by molar-refractivity contribution is -0.173. The normalized spacial score (nSPS) is 14.2. The number of carbonyl (C=O) groups is 3. The minimum atomic E-state index is -2.63. The summed E-state index contributed by atoms with van der Waals surface area (Å²) >= 11 is 0. The number of rotatable bonds is 6. The molecule has 0 aliphatic carbocycles. The van der Waals surface area contributed by atoms with Gasteiger partial charge in [0, 0.05) is 0 Å². The molecule has 0 amide bonds. The van der Waals surface area contributed by atoms with Crippen LogP contribution in [0.5, 0.6) is 0 Å². The van der Waals surface area contributed by atoms with Crippen molar-refractivity contribution in [3.8, 4) is 0 Å². The highest BCUT2D eigenvalue weighted by Gasteiger charge is 2.41. The third-order valence-electron chi connectivity index (χ3n) is 1.65. The number of carboxylic acid groups (broad SMARTS) is 2. The fourth-order valence-electron chi connectivity index (χ4n) is 1.01. The van der Waals surface area contributed by atoms with E-state index in [1.807, 2.05) is 0 Å². The highest BCUT2D eigenvalue weighted by atomic mass is 16.5. The van der Waals surface area contributed by atoms with Crippen LogP contribution in [-0.2, 0) is 19.1 Å². The standard InChI is InChI=1S/C9H14O7/c1-5(2)16-7(12)4-9(15,8(13)14)3-6(10)11/h5,15H,3-4H2,1-2H3,(H,10,11)(H,13,14)/t9-/m0/s1. The van der Waals surface area contributed by atoms with Crippen molar-refractivity contribution in [3.05, 3.63) is 0 Å². The lowest BCUT2D eigenvalue weighted by Crippen LogP contribution is -2.43. The summed E-state index contributed by atoms with van der Waals surface area (Å²) < 4.78 is 4.62. The highest BCUT2D eigenvalue weighted by Crippen LogP contribution is 2.17. The first kappa shape index (κ1) is 14.4. The second-order valence-electron chi connectivity index (χ2n) is 3.62. The number of hydrogen-bond donors (Lipinski definition) is 3. The van der Waals surface area contributed by atoms with Gasteiger partial charge < -0.3 is 20.1 Å². The largest absolute Gasteiger partial charge is 0.481 e. The third-order valence-corrected chi connectivity index (χ3v) is 1.65. The fraction of sp³-hybridized carbons (Fsp3) is 0.667. The molecule has 92 valence electrons. The van der Waals surface area contributed by atoms with E-state index in [1.165, 1.54) is 0 Å². The first-order valence-corrected chi connectivity index (χ1v) is 4.54. The van der Waals surface area contributed by atoms with Crippen molar-refractivity contribution in [2.45, 2.75) is 38.4 Å². The molecule has 0 aliphatic rings. The molecule has 0 saturated carbocycles. The number of esters is 1. The molecule has 0 fully saturated rings. The van der Waals surface area contributed by atoms with Crippen LogP contribution in [0, 0.1) is 0 Å². The summed E-state index contributed by atoms with van der Waals surface area (Å²) in [5.41, 5.74) is -2.63. The van der Waals surface area contributed by atoms with Crippen LogP contribution in [0.1, 0.15) is 26.7 Å². The summed E-state index contributed by atoms with van der Waals surface area (Å²) in [5.74, 6) is -4.24. The van der Waals surface area contributed by atoms with Gasteiger partial charge in [-0.05, 0) is 13.8 Å². The Morgan fingerprint density at radius 3 is 2.00 bits per heavy atom. The van der Waals surface area contributed by atoms with E-state index in [0.717, 1.165) is 0 Å². The summed E-state index contributed by atoms with van der Waals surface area (Å²) in [5, 5.41) is 26.5. The fourth-order valence-corrected chi connectivity index (χ4v) is 1.01. The number of carbonyl (C=O) groups excluding carboxylic acids is 1. The average Bonchev–Trinajstić information content (AvgIpc) is 1.98. The summed E-state index contributed by atoms with van der Waals surface area (Å²) in [6.45, 7) is 3.10. The van der Waals surface area contributed by atoms with Gasteiger partial charge >= 0.3 is 17.9 Å². The molecule has 7 heteroatoms. The van der Waals surface area contributed by atoms with Gasteiger partial charge in [-0.1, -0.05) is 0 Å². The molecular formula is C9H14O7. The van der Waals surface area contributed by atoms with E-state index in [9.17, 15) is 19.5 Å².